The lowest BCUT2D eigenvalue weighted by Crippen LogP contribution is -2.43. The number of nitrogens with zero attached hydrogens (tertiary/aromatic N) is 1. The lowest BCUT2D eigenvalue weighted by molar-refractivity contribution is -0.157. The Morgan fingerprint density at radius 2 is 1.26 bits per heavy atom. The summed E-state index contributed by atoms with van der Waals surface area (Å²) in [5, 5.41) is 0. The lowest BCUT2D eigenvalue weighted by Gasteiger charge is -2.30. The van der Waals surface area contributed by atoms with E-state index in [2.05, 4.69) is 0 Å². The van der Waals surface area contributed by atoms with Gasteiger partial charge in [-0.15, -0.1) is 0 Å². The van der Waals surface area contributed by atoms with Gasteiger partial charge in [-0.2, -0.15) is 0 Å². The molecule has 0 amide bonds. The second-order valence-corrected chi connectivity index (χ2v) is 7.69. The van der Waals surface area contributed by atoms with Crippen LogP contribution < -0.4 is 0 Å². The highest BCUT2D eigenvalue weighted by atomic mass is 16.5. The second-order valence-electron chi connectivity index (χ2n) is 7.69. The van der Waals surface area contributed by atoms with E-state index in [0.717, 1.165) is 36.8 Å². The van der Waals surface area contributed by atoms with Crippen molar-refractivity contribution < 1.29 is 19.1 Å². The zero-order valence-corrected chi connectivity index (χ0v) is 18.8. The zero-order valence-electron chi connectivity index (χ0n) is 18.8. The fourth-order valence-electron chi connectivity index (χ4n) is 3.23. The van der Waals surface area contributed by atoms with Gasteiger partial charge in [0.25, 0.3) is 0 Å². The van der Waals surface area contributed by atoms with E-state index in [4.69, 9.17) is 9.47 Å². The molecule has 2 aromatic rings. The summed E-state index contributed by atoms with van der Waals surface area (Å²) in [6, 6.07) is 19.2. The van der Waals surface area contributed by atoms with Crippen molar-refractivity contribution in [2.45, 2.75) is 65.1 Å². The van der Waals surface area contributed by atoms with E-state index in [0.29, 0.717) is 26.3 Å². The molecule has 0 fully saturated rings. The molecule has 168 valence electrons. The van der Waals surface area contributed by atoms with Crippen molar-refractivity contribution in [1.82, 2.24) is 4.90 Å². The number of benzene rings is 2. The number of rotatable bonds is 14. The molecule has 5 heteroatoms. The first kappa shape index (κ1) is 24.6. The van der Waals surface area contributed by atoms with Gasteiger partial charge in [-0.1, -0.05) is 87.4 Å². The molecular weight excluding hydrogens is 390 g/mol. The third-order valence-corrected chi connectivity index (χ3v) is 5.03. The molecule has 0 unspecified atom stereocenters. The molecule has 1 atom stereocenters. The molecule has 0 aromatic heterocycles. The largest absolute Gasteiger partial charge is 0.466 e. The Labute approximate surface area is 186 Å². The van der Waals surface area contributed by atoms with Crippen molar-refractivity contribution >= 4 is 11.9 Å². The van der Waals surface area contributed by atoms with Gasteiger partial charge in [-0.25, -0.2) is 0 Å². The van der Waals surface area contributed by atoms with Crippen LogP contribution in [-0.4, -0.2) is 36.1 Å². The Morgan fingerprint density at radius 1 is 0.774 bits per heavy atom. The minimum absolute atomic E-state index is 0.0195. The fraction of sp³-hybridized carbons (Fsp3) is 0.462. The van der Waals surface area contributed by atoms with E-state index in [1.54, 1.807) is 0 Å². The molecule has 0 spiro atoms. The summed E-state index contributed by atoms with van der Waals surface area (Å²) >= 11 is 0. The van der Waals surface area contributed by atoms with Crippen LogP contribution in [0.5, 0.6) is 0 Å². The van der Waals surface area contributed by atoms with Gasteiger partial charge >= 0.3 is 11.9 Å². The van der Waals surface area contributed by atoms with Gasteiger partial charge in [0.15, 0.2) is 0 Å². The molecule has 2 aromatic carbocycles. The number of hydrogen-bond acceptors (Lipinski definition) is 5. The highest BCUT2D eigenvalue weighted by Gasteiger charge is 2.31. The first-order valence-electron chi connectivity index (χ1n) is 11.3. The molecule has 0 saturated heterocycles. The van der Waals surface area contributed by atoms with Gasteiger partial charge in [0.2, 0.25) is 0 Å². The smallest absolute Gasteiger partial charge is 0.323 e. The van der Waals surface area contributed by atoms with Crippen LogP contribution in [0.3, 0.4) is 0 Å². The monoisotopic (exact) mass is 425 g/mol. The van der Waals surface area contributed by atoms with E-state index in [1.807, 2.05) is 79.4 Å². The second kappa shape index (κ2) is 14.4. The van der Waals surface area contributed by atoms with E-state index >= 15 is 0 Å². The van der Waals surface area contributed by atoms with Crippen molar-refractivity contribution in [2.75, 3.05) is 13.2 Å². The first-order chi connectivity index (χ1) is 15.1. The van der Waals surface area contributed by atoms with Gasteiger partial charge in [0.05, 0.1) is 19.6 Å². The molecule has 0 N–H and O–H groups in total. The Morgan fingerprint density at radius 3 is 1.74 bits per heavy atom. The Balaban J connectivity index is 2.23. The van der Waals surface area contributed by atoms with E-state index in [1.165, 1.54) is 0 Å². The number of hydrogen-bond donors (Lipinski definition) is 0. The minimum Gasteiger partial charge on any atom is -0.466 e. The molecule has 0 aliphatic rings. The molecule has 5 nitrogen and oxygen atoms in total. The Hall–Kier alpha value is -2.66. The van der Waals surface area contributed by atoms with Gasteiger partial charge in [-0.3, -0.25) is 14.5 Å². The average Bonchev–Trinajstić information content (AvgIpc) is 2.79. The summed E-state index contributed by atoms with van der Waals surface area (Å²) in [5.74, 6) is -0.732. The predicted molar refractivity (Wildman–Crippen MR) is 122 cm³/mol. The molecule has 2 rings (SSSR count). The fourth-order valence-corrected chi connectivity index (χ4v) is 3.23. The maximum atomic E-state index is 13.0. The van der Waals surface area contributed by atoms with Crippen LogP contribution in [0.15, 0.2) is 60.7 Å². The highest BCUT2D eigenvalue weighted by molar-refractivity contribution is 5.82. The number of carbonyl (C=O) groups is 2. The van der Waals surface area contributed by atoms with Crippen molar-refractivity contribution in [3.05, 3.63) is 71.8 Å². The molecule has 31 heavy (non-hydrogen) atoms. The third-order valence-electron chi connectivity index (χ3n) is 5.03. The quantitative estimate of drug-likeness (QED) is 0.310. The average molecular weight is 426 g/mol. The minimum atomic E-state index is -0.702. The van der Waals surface area contributed by atoms with E-state index in [-0.39, 0.29) is 18.4 Å². The number of ether oxygens (including phenoxy) is 2. The summed E-state index contributed by atoms with van der Waals surface area (Å²) < 4.78 is 10.9. The van der Waals surface area contributed by atoms with Crippen molar-refractivity contribution in [3.8, 4) is 0 Å². The molecule has 0 radical (unpaired) electrons. The summed E-state index contributed by atoms with van der Waals surface area (Å²) in [5.41, 5.74) is 2.15. The van der Waals surface area contributed by atoms with Crippen LogP contribution in [0.4, 0.5) is 0 Å². The number of esters is 2. The SMILES string of the molecule is CCCCOC(=O)C[C@H](C(=O)OCCCC)N(Cc1ccccc1)Cc1ccccc1. The van der Waals surface area contributed by atoms with Crippen LogP contribution in [0.25, 0.3) is 0 Å². The van der Waals surface area contributed by atoms with Gasteiger partial charge < -0.3 is 9.47 Å². The van der Waals surface area contributed by atoms with Crippen molar-refractivity contribution in [2.24, 2.45) is 0 Å². The van der Waals surface area contributed by atoms with Crippen LogP contribution >= 0.6 is 0 Å². The van der Waals surface area contributed by atoms with E-state index < -0.39 is 6.04 Å². The van der Waals surface area contributed by atoms with Crippen LogP contribution in [0.1, 0.15) is 57.1 Å². The summed E-state index contributed by atoms with van der Waals surface area (Å²) in [6.45, 7) is 5.90. The molecule has 0 aliphatic carbocycles. The maximum absolute atomic E-state index is 13.0. The van der Waals surface area contributed by atoms with Gasteiger partial charge in [-0.05, 0) is 24.0 Å². The van der Waals surface area contributed by atoms with Crippen molar-refractivity contribution in [3.63, 3.8) is 0 Å². The third kappa shape index (κ3) is 9.35. The Kier molecular flexibility index (Phi) is 11.4. The summed E-state index contributed by atoms with van der Waals surface area (Å²) in [4.78, 5) is 27.6. The topological polar surface area (TPSA) is 55.8 Å². The molecule has 0 saturated carbocycles. The molecule has 0 aliphatic heterocycles. The standard InChI is InChI=1S/C26H35NO4/c1-3-5-17-30-25(28)19-24(26(29)31-18-6-4-2)27(20-22-13-9-7-10-14-22)21-23-15-11-8-12-16-23/h7-16,24H,3-6,17-21H2,1-2H3/t24-/m1/s1. The highest BCUT2D eigenvalue weighted by Crippen LogP contribution is 2.18. The number of carbonyl (C=O) groups excluding carboxylic acids is 2. The van der Waals surface area contributed by atoms with E-state index in [9.17, 15) is 9.59 Å². The first-order valence-corrected chi connectivity index (χ1v) is 11.3. The van der Waals surface area contributed by atoms with Crippen LogP contribution in [0, 0.1) is 0 Å². The molecule has 0 bridgehead atoms. The maximum Gasteiger partial charge on any atom is 0.323 e. The zero-order chi connectivity index (χ0) is 22.3. The summed E-state index contributed by atoms with van der Waals surface area (Å²) in [6.07, 6.45) is 3.48. The van der Waals surface area contributed by atoms with Crippen LogP contribution in [0.2, 0.25) is 0 Å². The molecular formula is C26H35NO4. The molecule has 0 heterocycles. The van der Waals surface area contributed by atoms with Crippen LogP contribution in [-0.2, 0) is 32.2 Å². The summed E-state index contributed by atoms with van der Waals surface area (Å²) in [7, 11) is 0. The van der Waals surface area contributed by atoms with Gasteiger partial charge in [0.1, 0.15) is 6.04 Å². The lowest BCUT2D eigenvalue weighted by atomic mass is 10.1. The van der Waals surface area contributed by atoms with Gasteiger partial charge in [0, 0.05) is 13.1 Å². The number of unbranched alkanes of at least 4 members (excludes halogenated alkanes) is 2. The van der Waals surface area contributed by atoms with Crippen molar-refractivity contribution in [1.29, 1.82) is 0 Å². The predicted octanol–water partition coefficient (Wildman–Crippen LogP) is 5.13. The Bertz CT molecular complexity index is 722. The normalized spacial score (nSPS) is 11.8.